The number of aromatic nitrogens is 4. The lowest BCUT2D eigenvalue weighted by Crippen LogP contribution is -2.19. The summed E-state index contributed by atoms with van der Waals surface area (Å²) >= 11 is 0. The Kier molecular flexibility index (Phi) is 3.56. The molecule has 2 rings (SSSR count). The first-order valence-corrected chi connectivity index (χ1v) is 6.39. The van der Waals surface area contributed by atoms with Gasteiger partial charge < -0.3 is 10.5 Å². The standard InChI is InChI=1S/C12H21N5O/c1-5-17-11-10(9(4)15-17)14-12(13)16(11)7-8(3)18-6-2/h8H,5-7H2,1-4H3,(H2,13,14). The van der Waals surface area contributed by atoms with Crippen LogP contribution in [0.4, 0.5) is 5.95 Å². The SMILES string of the molecule is CCOC(C)Cn1c(N)nc2c(C)nn(CC)c21. The van der Waals surface area contributed by atoms with Crippen LogP contribution >= 0.6 is 0 Å². The summed E-state index contributed by atoms with van der Waals surface area (Å²) in [6.45, 7) is 10.2. The zero-order chi connectivity index (χ0) is 13.3. The van der Waals surface area contributed by atoms with Crippen LogP contribution in [0.25, 0.3) is 11.2 Å². The third-order valence-electron chi connectivity index (χ3n) is 3.02. The van der Waals surface area contributed by atoms with E-state index in [9.17, 15) is 0 Å². The minimum Gasteiger partial charge on any atom is -0.377 e. The molecule has 0 saturated heterocycles. The molecule has 0 fully saturated rings. The summed E-state index contributed by atoms with van der Waals surface area (Å²) in [7, 11) is 0. The summed E-state index contributed by atoms with van der Waals surface area (Å²) in [5, 5.41) is 4.46. The van der Waals surface area contributed by atoms with Crippen molar-refractivity contribution in [2.75, 3.05) is 12.3 Å². The van der Waals surface area contributed by atoms with Crippen LogP contribution in [0.1, 0.15) is 26.5 Å². The molecule has 2 heterocycles. The summed E-state index contributed by atoms with van der Waals surface area (Å²) in [5.74, 6) is 0.527. The second kappa shape index (κ2) is 4.97. The molecule has 0 aliphatic carbocycles. The molecule has 1 atom stereocenters. The molecule has 0 aromatic carbocycles. The van der Waals surface area contributed by atoms with E-state index in [1.165, 1.54) is 0 Å². The predicted octanol–water partition coefficient (Wildman–Crippen LogP) is 1.57. The Morgan fingerprint density at radius 2 is 2.11 bits per heavy atom. The molecule has 6 nitrogen and oxygen atoms in total. The Morgan fingerprint density at radius 1 is 1.39 bits per heavy atom. The number of nitrogen functional groups attached to an aromatic ring is 1. The Morgan fingerprint density at radius 3 is 2.72 bits per heavy atom. The van der Waals surface area contributed by atoms with Crippen LogP contribution in [-0.2, 0) is 17.8 Å². The van der Waals surface area contributed by atoms with Crippen molar-refractivity contribution in [1.82, 2.24) is 19.3 Å². The van der Waals surface area contributed by atoms with Crippen molar-refractivity contribution in [3.8, 4) is 0 Å². The van der Waals surface area contributed by atoms with E-state index < -0.39 is 0 Å². The normalized spacial score (nSPS) is 13.3. The summed E-state index contributed by atoms with van der Waals surface area (Å²) in [5.41, 5.74) is 8.78. The van der Waals surface area contributed by atoms with Crippen molar-refractivity contribution in [2.24, 2.45) is 0 Å². The van der Waals surface area contributed by atoms with Crippen LogP contribution in [0, 0.1) is 6.92 Å². The fourth-order valence-corrected chi connectivity index (χ4v) is 2.24. The maximum Gasteiger partial charge on any atom is 0.202 e. The fraction of sp³-hybridized carbons (Fsp3) is 0.667. The molecule has 18 heavy (non-hydrogen) atoms. The monoisotopic (exact) mass is 251 g/mol. The van der Waals surface area contributed by atoms with Gasteiger partial charge in [0.1, 0.15) is 5.52 Å². The molecule has 1 unspecified atom stereocenters. The molecule has 2 aromatic heterocycles. The molecule has 0 radical (unpaired) electrons. The molecule has 2 N–H and O–H groups in total. The number of rotatable bonds is 5. The molecule has 0 saturated carbocycles. The average Bonchev–Trinajstić information content (AvgIpc) is 2.79. The highest BCUT2D eigenvalue weighted by molar-refractivity contribution is 5.77. The summed E-state index contributed by atoms with van der Waals surface area (Å²) in [6.07, 6.45) is 0.107. The van der Waals surface area contributed by atoms with Gasteiger partial charge in [0.15, 0.2) is 5.65 Å². The molecule has 0 amide bonds. The first kappa shape index (κ1) is 12.9. The molecule has 0 bridgehead atoms. The largest absolute Gasteiger partial charge is 0.377 e. The Balaban J connectivity index is 2.45. The molecular weight excluding hydrogens is 230 g/mol. The first-order chi connectivity index (χ1) is 8.58. The van der Waals surface area contributed by atoms with Crippen molar-refractivity contribution in [2.45, 2.75) is 46.9 Å². The van der Waals surface area contributed by atoms with Crippen molar-refractivity contribution < 1.29 is 4.74 Å². The lowest BCUT2D eigenvalue weighted by molar-refractivity contribution is 0.0650. The van der Waals surface area contributed by atoms with E-state index >= 15 is 0 Å². The lowest BCUT2D eigenvalue weighted by atomic mass is 10.4. The average molecular weight is 251 g/mol. The Bertz CT molecular complexity index is 542. The van der Waals surface area contributed by atoms with Gasteiger partial charge in [-0.15, -0.1) is 0 Å². The highest BCUT2D eigenvalue weighted by Crippen LogP contribution is 2.21. The molecule has 2 aromatic rings. The van der Waals surface area contributed by atoms with Crippen LogP contribution in [0.3, 0.4) is 0 Å². The van der Waals surface area contributed by atoms with Gasteiger partial charge in [-0.05, 0) is 27.7 Å². The van der Waals surface area contributed by atoms with Gasteiger partial charge in [0.05, 0.1) is 18.3 Å². The maximum atomic E-state index is 5.99. The van der Waals surface area contributed by atoms with Crippen LogP contribution < -0.4 is 5.73 Å². The van der Waals surface area contributed by atoms with Crippen LogP contribution in [0.5, 0.6) is 0 Å². The quantitative estimate of drug-likeness (QED) is 0.875. The number of anilines is 1. The van der Waals surface area contributed by atoms with Gasteiger partial charge in [-0.25, -0.2) is 9.67 Å². The van der Waals surface area contributed by atoms with Gasteiger partial charge in [-0.2, -0.15) is 5.10 Å². The molecule has 0 aliphatic rings. The Hall–Kier alpha value is -1.56. The van der Waals surface area contributed by atoms with E-state index in [1.54, 1.807) is 0 Å². The van der Waals surface area contributed by atoms with Crippen molar-refractivity contribution in [1.29, 1.82) is 0 Å². The minimum atomic E-state index is 0.107. The van der Waals surface area contributed by atoms with Gasteiger partial charge >= 0.3 is 0 Å². The smallest absolute Gasteiger partial charge is 0.202 e. The highest BCUT2D eigenvalue weighted by atomic mass is 16.5. The third kappa shape index (κ3) is 2.08. The van der Waals surface area contributed by atoms with Crippen LogP contribution in [0.15, 0.2) is 0 Å². The second-order valence-corrected chi connectivity index (χ2v) is 4.42. The Labute approximate surface area is 107 Å². The topological polar surface area (TPSA) is 70.9 Å². The van der Waals surface area contributed by atoms with E-state index in [-0.39, 0.29) is 6.10 Å². The van der Waals surface area contributed by atoms with Gasteiger partial charge in [0.2, 0.25) is 5.95 Å². The first-order valence-electron chi connectivity index (χ1n) is 6.39. The maximum absolute atomic E-state index is 5.99. The number of hydrogen-bond donors (Lipinski definition) is 1. The molecular formula is C12H21N5O. The van der Waals surface area contributed by atoms with E-state index in [2.05, 4.69) is 17.0 Å². The zero-order valence-electron chi connectivity index (χ0n) is 11.5. The number of hydrogen-bond acceptors (Lipinski definition) is 4. The number of nitrogens with zero attached hydrogens (tertiary/aromatic N) is 4. The van der Waals surface area contributed by atoms with Crippen molar-refractivity contribution >= 4 is 17.1 Å². The van der Waals surface area contributed by atoms with E-state index in [0.717, 1.165) is 23.4 Å². The predicted molar refractivity (Wildman–Crippen MR) is 71.4 cm³/mol. The van der Waals surface area contributed by atoms with E-state index in [0.29, 0.717) is 19.1 Å². The van der Waals surface area contributed by atoms with E-state index in [4.69, 9.17) is 10.5 Å². The van der Waals surface area contributed by atoms with Crippen LogP contribution in [0.2, 0.25) is 0 Å². The third-order valence-corrected chi connectivity index (χ3v) is 3.02. The fourth-order valence-electron chi connectivity index (χ4n) is 2.24. The number of fused-ring (bicyclic) bond motifs is 1. The molecule has 6 heteroatoms. The lowest BCUT2D eigenvalue weighted by Gasteiger charge is -2.14. The van der Waals surface area contributed by atoms with E-state index in [1.807, 2.05) is 30.0 Å². The minimum absolute atomic E-state index is 0.107. The summed E-state index contributed by atoms with van der Waals surface area (Å²) in [4.78, 5) is 4.40. The van der Waals surface area contributed by atoms with Crippen LogP contribution in [-0.4, -0.2) is 32.0 Å². The zero-order valence-corrected chi connectivity index (χ0v) is 11.5. The summed E-state index contributed by atoms with van der Waals surface area (Å²) < 4.78 is 9.49. The second-order valence-electron chi connectivity index (χ2n) is 4.42. The summed E-state index contributed by atoms with van der Waals surface area (Å²) in [6, 6.07) is 0. The van der Waals surface area contributed by atoms with Crippen molar-refractivity contribution in [3.05, 3.63) is 5.69 Å². The van der Waals surface area contributed by atoms with Gasteiger partial charge in [-0.1, -0.05) is 0 Å². The van der Waals surface area contributed by atoms with Gasteiger partial charge in [0, 0.05) is 13.2 Å². The molecule has 0 spiro atoms. The number of ether oxygens (including phenoxy) is 1. The number of nitrogens with two attached hydrogens (primary N) is 1. The van der Waals surface area contributed by atoms with Crippen molar-refractivity contribution in [3.63, 3.8) is 0 Å². The van der Waals surface area contributed by atoms with Gasteiger partial charge in [0.25, 0.3) is 0 Å². The number of imidazole rings is 1. The molecule has 100 valence electrons. The highest BCUT2D eigenvalue weighted by Gasteiger charge is 2.18. The molecule has 0 aliphatic heterocycles. The van der Waals surface area contributed by atoms with Gasteiger partial charge in [-0.3, -0.25) is 4.57 Å². The number of aryl methyl sites for hydroxylation is 2.